The molecule has 0 spiro atoms. The first kappa shape index (κ1) is 13.0. The highest BCUT2D eigenvalue weighted by Crippen LogP contribution is 2.35. The second-order valence-corrected chi connectivity index (χ2v) is 4.92. The minimum atomic E-state index is 0.582. The largest absolute Gasteiger partial charge is 0.497 e. The van der Waals surface area contributed by atoms with Crippen LogP contribution in [0.4, 0.5) is 0 Å². The van der Waals surface area contributed by atoms with Gasteiger partial charge in [0.15, 0.2) is 6.19 Å². The maximum atomic E-state index is 9.38. The summed E-state index contributed by atoms with van der Waals surface area (Å²) in [6, 6.07) is 13.7. The number of fused-ring (bicyclic) bond motifs is 1. The summed E-state index contributed by atoms with van der Waals surface area (Å²) in [6.45, 7) is 1.23. The first-order chi connectivity index (χ1) is 10.3. The molecule has 0 fully saturated rings. The fraction of sp³-hybridized carbons (Fsp3) is 0.176. The molecule has 2 aromatic carbocycles. The summed E-state index contributed by atoms with van der Waals surface area (Å²) >= 11 is 0. The van der Waals surface area contributed by atoms with E-state index in [0.717, 1.165) is 22.3 Å². The molecule has 21 heavy (non-hydrogen) atoms. The molecule has 2 aromatic rings. The average molecular weight is 275 g/mol. The molecular formula is C17H13N3O. The van der Waals surface area contributed by atoms with Gasteiger partial charge in [0.05, 0.1) is 31.8 Å². The van der Waals surface area contributed by atoms with Crippen molar-refractivity contribution < 1.29 is 4.74 Å². The van der Waals surface area contributed by atoms with Crippen LogP contribution in [-0.4, -0.2) is 12.0 Å². The molecule has 1 aliphatic heterocycles. The van der Waals surface area contributed by atoms with Crippen molar-refractivity contribution in [1.29, 1.82) is 10.5 Å². The Morgan fingerprint density at radius 1 is 1.10 bits per heavy atom. The van der Waals surface area contributed by atoms with Crippen molar-refractivity contribution in [3.05, 3.63) is 53.1 Å². The topological polar surface area (TPSA) is 60.0 Å². The third-order valence-electron chi connectivity index (χ3n) is 3.76. The van der Waals surface area contributed by atoms with Gasteiger partial charge in [-0.05, 0) is 34.9 Å². The standard InChI is InChI=1S/C17H13N3O/c1-21-14-5-6-15(13(7-14)8-18)16-4-2-3-12-9-20(11-19)10-17(12)16/h2-7H,9-10H2,1H3. The zero-order valence-electron chi connectivity index (χ0n) is 11.6. The Morgan fingerprint density at radius 3 is 2.67 bits per heavy atom. The number of ether oxygens (including phenoxy) is 1. The van der Waals surface area contributed by atoms with E-state index in [-0.39, 0.29) is 0 Å². The molecule has 0 amide bonds. The van der Waals surface area contributed by atoms with E-state index < -0.39 is 0 Å². The molecule has 4 nitrogen and oxygen atoms in total. The smallest absolute Gasteiger partial charge is 0.179 e. The van der Waals surface area contributed by atoms with Gasteiger partial charge in [0.1, 0.15) is 5.75 Å². The van der Waals surface area contributed by atoms with Crippen LogP contribution < -0.4 is 4.74 Å². The van der Waals surface area contributed by atoms with E-state index in [1.54, 1.807) is 18.1 Å². The van der Waals surface area contributed by atoms with Crippen LogP contribution in [0.5, 0.6) is 5.75 Å². The minimum absolute atomic E-state index is 0.582. The SMILES string of the molecule is COc1ccc(-c2cccc3c2CN(C#N)C3)c(C#N)c1. The summed E-state index contributed by atoms with van der Waals surface area (Å²) < 4.78 is 5.17. The fourth-order valence-electron chi connectivity index (χ4n) is 2.72. The summed E-state index contributed by atoms with van der Waals surface area (Å²) in [4.78, 5) is 1.71. The van der Waals surface area contributed by atoms with E-state index >= 15 is 0 Å². The number of nitriles is 2. The van der Waals surface area contributed by atoms with Gasteiger partial charge in [-0.1, -0.05) is 18.2 Å². The van der Waals surface area contributed by atoms with Crippen LogP contribution in [0.3, 0.4) is 0 Å². The Bertz CT molecular complexity index is 784. The normalized spacial score (nSPS) is 12.4. The summed E-state index contributed by atoms with van der Waals surface area (Å²) in [5.74, 6) is 0.668. The van der Waals surface area contributed by atoms with Gasteiger partial charge in [-0.25, -0.2) is 0 Å². The van der Waals surface area contributed by atoms with Crippen molar-refractivity contribution in [2.45, 2.75) is 13.1 Å². The van der Waals surface area contributed by atoms with Gasteiger partial charge in [-0.2, -0.15) is 10.5 Å². The molecule has 102 valence electrons. The number of nitrogens with zero attached hydrogens (tertiary/aromatic N) is 3. The quantitative estimate of drug-likeness (QED) is 0.790. The van der Waals surface area contributed by atoms with Gasteiger partial charge in [-0.15, -0.1) is 0 Å². The van der Waals surface area contributed by atoms with Crippen LogP contribution in [0.1, 0.15) is 16.7 Å². The monoisotopic (exact) mass is 275 g/mol. The highest BCUT2D eigenvalue weighted by Gasteiger charge is 2.22. The molecule has 0 aliphatic carbocycles. The minimum Gasteiger partial charge on any atom is -0.497 e. The molecule has 1 aliphatic rings. The summed E-state index contributed by atoms with van der Waals surface area (Å²) in [7, 11) is 1.58. The predicted molar refractivity (Wildman–Crippen MR) is 78.0 cm³/mol. The summed E-state index contributed by atoms with van der Waals surface area (Å²) in [5, 5.41) is 18.5. The van der Waals surface area contributed by atoms with Crippen molar-refractivity contribution in [2.75, 3.05) is 7.11 Å². The molecular weight excluding hydrogens is 262 g/mol. The van der Waals surface area contributed by atoms with Crippen molar-refractivity contribution >= 4 is 0 Å². The van der Waals surface area contributed by atoms with Crippen LogP contribution in [0, 0.1) is 22.8 Å². The first-order valence-corrected chi connectivity index (χ1v) is 6.60. The molecule has 1 heterocycles. The number of rotatable bonds is 2. The van der Waals surface area contributed by atoms with Crippen LogP contribution in [0.2, 0.25) is 0 Å². The molecule has 3 rings (SSSR count). The predicted octanol–water partition coefficient (Wildman–Crippen LogP) is 3.03. The van der Waals surface area contributed by atoms with Crippen LogP contribution in [-0.2, 0) is 13.1 Å². The molecule has 0 bridgehead atoms. The fourth-order valence-corrected chi connectivity index (χ4v) is 2.72. The van der Waals surface area contributed by atoms with E-state index in [9.17, 15) is 5.26 Å². The number of hydrogen-bond acceptors (Lipinski definition) is 4. The molecule has 0 unspecified atom stereocenters. The molecule has 0 atom stereocenters. The van der Waals surface area contributed by atoms with Crippen molar-refractivity contribution in [3.63, 3.8) is 0 Å². The number of methoxy groups -OCH3 is 1. The molecule has 0 saturated heterocycles. The van der Waals surface area contributed by atoms with E-state index in [2.05, 4.69) is 12.3 Å². The summed E-state index contributed by atoms with van der Waals surface area (Å²) in [6.07, 6.45) is 2.18. The Hall–Kier alpha value is -2.98. The van der Waals surface area contributed by atoms with E-state index in [4.69, 9.17) is 10.00 Å². The Kier molecular flexibility index (Phi) is 3.22. The molecule has 0 aromatic heterocycles. The zero-order chi connectivity index (χ0) is 14.8. The Labute approximate surface area is 123 Å². The maximum Gasteiger partial charge on any atom is 0.179 e. The zero-order valence-corrected chi connectivity index (χ0v) is 11.6. The molecule has 4 heteroatoms. The van der Waals surface area contributed by atoms with E-state index in [1.807, 2.05) is 30.3 Å². The van der Waals surface area contributed by atoms with Crippen molar-refractivity contribution in [1.82, 2.24) is 4.90 Å². The van der Waals surface area contributed by atoms with Crippen molar-refractivity contribution in [3.8, 4) is 29.1 Å². The second kappa shape index (κ2) is 5.19. The van der Waals surface area contributed by atoms with Gasteiger partial charge >= 0.3 is 0 Å². The van der Waals surface area contributed by atoms with Crippen LogP contribution in [0.25, 0.3) is 11.1 Å². The van der Waals surface area contributed by atoms with Gasteiger partial charge in [0, 0.05) is 5.56 Å². The number of hydrogen-bond donors (Lipinski definition) is 0. The maximum absolute atomic E-state index is 9.38. The third-order valence-corrected chi connectivity index (χ3v) is 3.76. The average Bonchev–Trinajstić information content (AvgIpc) is 2.97. The lowest BCUT2D eigenvalue weighted by Crippen LogP contribution is -2.07. The molecule has 0 N–H and O–H groups in total. The number of benzene rings is 2. The van der Waals surface area contributed by atoms with Gasteiger partial charge in [-0.3, -0.25) is 0 Å². The third kappa shape index (κ3) is 2.17. The van der Waals surface area contributed by atoms with Gasteiger partial charge < -0.3 is 9.64 Å². The van der Waals surface area contributed by atoms with Gasteiger partial charge in [0.2, 0.25) is 0 Å². The highest BCUT2D eigenvalue weighted by molar-refractivity contribution is 5.75. The second-order valence-electron chi connectivity index (χ2n) is 4.92. The van der Waals surface area contributed by atoms with Crippen LogP contribution in [0.15, 0.2) is 36.4 Å². The first-order valence-electron chi connectivity index (χ1n) is 6.60. The summed E-state index contributed by atoms with van der Waals surface area (Å²) in [5.41, 5.74) is 4.76. The lowest BCUT2D eigenvalue weighted by Gasteiger charge is -2.11. The highest BCUT2D eigenvalue weighted by atomic mass is 16.5. The lowest BCUT2D eigenvalue weighted by molar-refractivity contribution is 0.414. The lowest BCUT2D eigenvalue weighted by atomic mass is 9.94. The van der Waals surface area contributed by atoms with Crippen molar-refractivity contribution in [2.24, 2.45) is 0 Å². The van der Waals surface area contributed by atoms with E-state index in [0.29, 0.717) is 24.4 Å². The van der Waals surface area contributed by atoms with Crippen LogP contribution >= 0.6 is 0 Å². The Balaban J connectivity index is 2.14. The van der Waals surface area contributed by atoms with Gasteiger partial charge in [0.25, 0.3) is 0 Å². The Morgan fingerprint density at radius 2 is 1.95 bits per heavy atom. The molecule has 0 saturated carbocycles. The molecule has 0 radical (unpaired) electrons. The van der Waals surface area contributed by atoms with E-state index in [1.165, 1.54) is 0 Å².